The number of nitrogens with one attached hydrogen (secondary N) is 2. The zero-order valence-corrected chi connectivity index (χ0v) is 25.1. The van der Waals surface area contributed by atoms with Crippen LogP contribution in [0.5, 0.6) is 0 Å². The number of carbonyl (C=O) groups is 2. The molecule has 0 saturated carbocycles. The summed E-state index contributed by atoms with van der Waals surface area (Å²) in [5.74, 6) is -3.46. The number of carboxylic acids is 1. The van der Waals surface area contributed by atoms with Gasteiger partial charge < -0.3 is 25.9 Å². The van der Waals surface area contributed by atoms with Crippen LogP contribution in [-0.4, -0.2) is 59.6 Å². The molecule has 18 heteroatoms. The number of amides is 1. The van der Waals surface area contributed by atoms with Crippen LogP contribution in [-0.2, 0) is 24.0 Å². The van der Waals surface area contributed by atoms with Gasteiger partial charge in [0, 0.05) is 12.1 Å². The van der Waals surface area contributed by atoms with Crippen molar-refractivity contribution in [1.29, 1.82) is 5.41 Å². The SMILES string of the molecule is CSc1sc(C(=N)N)cc1S(=O)(=O)c1cccc(-c2ccc(NC(=O)CCP(=O)(O)O)cc2C)c1.O=C(O)C(F)(F)F. The number of aryl methyl sites for hydroxylation is 1. The van der Waals surface area contributed by atoms with Crippen molar-refractivity contribution in [2.24, 2.45) is 5.73 Å². The van der Waals surface area contributed by atoms with Gasteiger partial charge in [0.1, 0.15) is 5.84 Å². The smallest absolute Gasteiger partial charge is 0.475 e. The highest BCUT2D eigenvalue weighted by atomic mass is 32.2. The molecule has 0 aliphatic heterocycles. The first-order valence-electron chi connectivity index (χ1n) is 11.4. The van der Waals surface area contributed by atoms with Crippen molar-refractivity contribution in [2.75, 3.05) is 17.7 Å². The Bertz CT molecular complexity index is 1650. The van der Waals surface area contributed by atoms with E-state index in [9.17, 15) is 30.9 Å². The lowest BCUT2D eigenvalue weighted by molar-refractivity contribution is -0.192. The van der Waals surface area contributed by atoms with Gasteiger partial charge in [-0.2, -0.15) is 13.2 Å². The highest BCUT2D eigenvalue weighted by Crippen LogP contribution is 2.38. The summed E-state index contributed by atoms with van der Waals surface area (Å²) in [6.07, 6.45) is -4.16. The molecular weight excluding hydrogens is 642 g/mol. The molecule has 7 N–H and O–H groups in total. The molecule has 42 heavy (non-hydrogen) atoms. The average Bonchev–Trinajstić information content (AvgIpc) is 3.33. The van der Waals surface area contributed by atoms with Crippen LogP contribution in [0, 0.1) is 12.3 Å². The van der Waals surface area contributed by atoms with Crippen LogP contribution in [0.25, 0.3) is 11.1 Å². The van der Waals surface area contributed by atoms with E-state index in [1.54, 1.807) is 42.7 Å². The first-order chi connectivity index (χ1) is 19.3. The van der Waals surface area contributed by atoms with E-state index in [1.807, 2.05) is 6.92 Å². The second-order valence-electron chi connectivity index (χ2n) is 8.43. The quantitative estimate of drug-likeness (QED) is 0.0802. The molecule has 11 nitrogen and oxygen atoms in total. The minimum atomic E-state index is -5.08. The predicted octanol–water partition coefficient (Wildman–Crippen LogP) is 4.70. The molecule has 0 atom stereocenters. The Balaban J connectivity index is 0.000000782. The predicted molar refractivity (Wildman–Crippen MR) is 153 cm³/mol. The number of sulfone groups is 1. The molecule has 3 aromatic rings. The van der Waals surface area contributed by atoms with Gasteiger partial charge >= 0.3 is 19.7 Å². The first-order valence-corrected chi connectivity index (χ1v) is 16.7. The molecule has 0 fully saturated rings. The van der Waals surface area contributed by atoms with Crippen molar-refractivity contribution in [1.82, 2.24) is 0 Å². The summed E-state index contributed by atoms with van der Waals surface area (Å²) in [6, 6.07) is 13.0. The van der Waals surface area contributed by atoms with E-state index in [1.165, 1.54) is 23.9 Å². The number of halogens is 3. The van der Waals surface area contributed by atoms with Gasteiger partial charge in [-0.3, -0.25) is 14.8 Å². The number of hydrogen-bond acceptors (Lipinski definition) is 8. The number of anilines is 1. The van der Waals surface area contributed by atoms with E-state index >= 15 is 0 Å². The van der Waals surface area contributed by atoms with E-state index in [2.05, 4.69) is 5.32 Å². The Hall–Kier alpha value is -3.21. The first kappa shape index (κ1) is 35.0. The third-order valence-electron chi connectivity index (χ3n) is 5.24. The van der Waals surface area contributed by atoms with Gasteiger partial charge in [-0.05, 0) is 60.2 Å². The van der Waals surface area contributed by atoms with Gasteiger partial charge in [-0.15, -0.1) is 23.1 Å². The lowest BCUT2D eigenvalue weighted by Crippen LogP contribution is -2.21. The topological polar surface area (TPSA) is 208 Å². The molecule has 0 unspecified atom stereocenters. The Kier molecular flexibility index (Phi) is 11.5. The monoisotopic (exact) mass is 667 g/mol. The molecule has 0 aliphatic rings. The van der Waals surface area contributed by atoms with E-state index in [0.29, 0.717) is 20.3 Å². The number of benzene rings is 2. The maximum atomic E-state index is 13.4. The van der Waals surface area contributed by atoms with Crippen molar-refractivity contribution in [3.63, 3.8) is 0 Å². The number of alkyl halides is 3. The molecule has 0 bridgehead atoms. The number of nitrogens with two attached hydrogens (primary N) is 1. The molecule has 1 heterocycles. The molecule has 3 rings (SSSR count). The number of thiophene rings is 1. The van der Waals surface area contributed by atoms with Crippen molar-refractivity contribution in [3.05, 3.63) is 59.0 Å². The van der Waals surface area contributed by atoms with Crippen molar-refractivity contribution >= 4 is 63.9 Å². The molecular formula is C24H25F3N3O8PS3. The summed E-state index contributed by atoms with van der Waals surface area (Å²) in [5.41, 5.74) is 8.21. The zero-order valence-electron chi connectivity index (χ0n) is 21.8. The molecule has 1 aromatic heterocycles. The van der Waals surface area contributed by atoms with Crippen LogP contribution >= 0.6 is 30.7 Å². The summed E-state index contributed by atoms with van der Waals surface area (Å²) in [7, 11) is -8.12. The molecule has 0 aliphatic carbocycles. The number of aliphatic carboxylic acids is 1. The van der Waals surface area contributed by atoms with Gasteiger partial charge in [-0.25, -0.2) is 13.2 Å². The lowest BCUT2D eigenvalue weighted by atomic mass is 10.00. The second-order valence-corrected chi connectivity index (χ2v) is 14.3. The zero-order chi connectivity index (χ0) is 32.0. The Labute approximate surface area is 246 Å². The van der Waals surface area contributed by atoms with Gasteiger partial charge in [-0.1, -0.05) is 18.2 Å². The maximum Gasteiger partial charge on any atom is 0.490 e. The van der Waals surface area contributed by atoms with Gasteiger partial charge in [0.15, 0.2) is 0 Å². The highest BCUT2D eigenvalue weighted by Gasteiger charge is 2.38. The number of thioether (sulfide) groups is 1. The molecule has 228 valence electrons. The van der Waals surface area contributed by atoms with Crippen LogP contribution in [0.4, 0.5) is 18.9 Å². The summed E-state index contributed by atoms with van der Waals surface area (Å²) in [6.45, 7) is 1.81. The number of nitrogen functional groups attached to an aromatic ring is 1. The van der Waals surface area contributed by atoms with E-state index in [0.717, 1.165) is 22.5 Å². The summed E-state index contributed by atoms with van der Waals surface area (Å²) in [4.78, 5) is 39.3. The third kappa shape index (κ3) is 9.68. The van der Waals surface area contributed by atoms with Crippen LogP contribution in [0.1, 0.15) is 16.9 Å². The number of amidine groups is 1. The third-order valence-corrected chi connectivity index (χ3v) is 10.4. The van der Waals surface area contributed by atoms with Gasteiger partial charge in [0.2, 0.25) is 15.7 Å². The number of hydrogen-bond donors (Lipinski definition) is 6. The standard InChI is InChI=1S/C22H24N3O6PS3.C2HF3O2/c1-13-10-15(25-20(26)8-9-32(27,28)29)6-7-17(13)14-4-3-5-16(11-14)35(30,31)19-12-18(21(23)24)34-22(19)33-2;3-2(4,5)1(6)7/h3-7,10-12H,8-9H2,1-2H3,(H3,23,24)(H,25,26)(H2,27,28,29);(H,6,7). The normalized spacial score (nSPS) is 11.8. The Morgan fingerprint density at radius 1 is 1.14 bits per heavy atom. The number of rotatable bonds is 9. The van der Waals surface area contributed by atoms with Crippen molar-refractivity contribution in [2.45, 2.75) is 33.5 Å². The van der Waals surface area contributed by atoms with Gasteiger partial charge in [0.05, 0.1) is 25.0 Å². The summed E-state index contributed by atoms with van der Waals surface area (Å²) < 4.78 is 70.1. The second kappa shape index (κ2) is 13.8. The summed E-state index contributed by atoms with van der Waals surface area (Å²) >= 11 is 2.44. The Morgan fingerprint density at radius 2 is 1.76 bits per heavy atom. The minimum Gasteiger partial charge on any atom is -0.475 e. The van der Waals surface area contributed by atoms with Crippen LogP contribution in [0.3, 0.4) is 0 Å². The fourth-order valence-corrected chi connectivity index (χ4v) is 7.71. The van der Waals surface area contributed by atoms with Crippen LogP contribution in [0.2, 0.25) is 0 Å². The molecule has 0 saturated heterocycles. The number of carbonyl (C=O) groups excluding carboxylic acids is 1. The minimum absolute atomic E-state index is 0.104. The fourth-order valence-electron chi connectivity index (χ4n) is 3.31. The number of carboxylic acid groups (broad SMARTS) is 1. The van der Waals surface area contributed by atoms with Crippen LogP contribution < -0.4 is 11.1 Å². The maximum absolute atomic E-state index is 13.4. The summed E-state index contributed by atoms with van der Waals surface area (Å²) in [5, 5.41) is 17.4. The van der Waals surface area contributed by atoms with E-state index in [-0.39, 0.29) is 22.0 Å². The highest BCUT2D eigenvalue weighted by molar-refractivity contribution is 8.01. The molecule has 0 radical (unpaired) electrons. The van der Waals surface area contributed by atoms with Crippen molar-refractivity contribution < 1.29 is 50.6 Å². The largest absolute Gasteiger partial charge is 0.490 e. The average molecular weight is 668 g/mol. The van der Waals surface area contributed by atoms with Gasteiger partial charge in [0.25, 0.3) is 0 Å². The van der Waals surface area contributed by atoms with Crippen molar-refractivity contribution in [3.8, 4) is 11.1 Å². The molecule has 2 aromatic carbocycles. The lowest BCUT2D eigenvalue weighted by Gasteiger charge is -2.12. The van der Waals surface area contributed by atoms with E-state index < -0.39 is 41.6 Å². The fraction of sp³-hybridized carbons (Fsp3) is 0.208. The van der Waals surface area contributed by atoms with E-state index in [4.69, 9.17) is 30.8 Å². The Morgan fingerprint density at radius 3 is 2.26 bits per heavy atom. The molecule has 0 spiro atoms. The van der Waals surface area contributed by atoms with Crippen LogP contribution in [0.15, 0.2) is 62.5 Å². The molecule has 1 amide bonds.